The summed E-state index contributed by atoms with van der Waals surface area (Å²) in [6.45, 7) is 1.67. The fraction of sp³-hybridized carbons (Fsp3) is 0.174. The zero-order valence-electron chi connectivity index (χ0n) is 17.5. The van der Waals surface area contributed by atoms with Crippen molar-refractivity contribution in [2.75, 3.05) is 18.4 Å². The molecule has 7 nitrogen and oxygen atoms in total. The molecule has 3 rings (SSSR count). The van der Waals surface area contributed by atoms with E-state index in [1.54, 1.807) is 31.4 Å². The molecule has 0 saturated heterocycles. The van der Waals surface area contributed by atoms with Gasteiger partial charge in [0.1, 0.15) is 11.5 Å². The summed E-state index contributed by atoms with van der Waals surface area (Å²) in [6, 6.07) is 19.3. The smallest absolute Gasteiger partial charge is 0.261 e. The van der Waals surface area contributed by atoms with Crippen molar-refractivity contribution in [2.45, 2.75) is 17.9 Å². The summed E-state index contributed by atoms with van der Waals surface area (Å²) >= 11 is 5.82. The number of anilines is 1. The van der Waals surface area contributed by atoms with Crippen molar-refractivity contribution in [1.29, 1.82) is 0 Å². The molecule has 0 unspecified atom stereocenters. The zero-order chi connectivity index (χ0) is 23.1. The minimum atomic E-state index is -3.76. The Kier molecular flexibility index (Phi) is 7.61. The van der Waals surface area contributed by atoms with Gasteiger partial charge in [-0.25, -0.2) is 8.42 Å². The fourth-order valence-electron chi connectivity index (χ4n) is 2.85. The summed E-state index contributed by atoms with van der Waals surface area (Å²) in [5.41, 5.74) is 1.33. The Morgan fingerprint density at radius 3 is 2.12 bits per heavy atom. The summed E-state index contributed by atoms with van der Waals surface area (Å²) < 4.78 is 38.1. The number of halogens is 1. The van der Waals surface area contributed by atoms with Crippen molar-refractivity contribution in [1.82, 2.24) is 5.32 Å². The molecule has 0 aromatic heterocycles. The maximum atomic E-state index is 12.5. The lowest BCUT2D eigenvalue weighted by molar-refractivity contribution is -0.123. The molecule has 0 bridgehead atoms. The van der Waals surface area contributed by atoms with Crippen LogP contribution in [0.2, 0.25) is 5.02 Å². The number of nitrogens with one attached hydrogen (secondary N) is 2. The summed E-state index contributed by atoms with van der Waals surface area (Å²) in [5, 5.41) is 3.36. The molecular formula is C23H23ClN2O5S. The minimum Gasteiger partial charge on any atom is -0.497 e. The molecule has 9 heteroatoms. The first kappa shape index (κ1) is 23.4. The van der Waals surface area contributed by atoms with Crippen LogP contribution in [-0.4, -0.2) is 28.0 Å². The van der Waals surface area contributed by atoms with Crippen LogP contribution < -0.4 is 19.5 Å². The Morgan fingerprint density at radius 1 is 0.938 bits per heavy atom. The van der Waals surface area contributed by atoms with Gasteiger partial charge >= 0.3 is 0 Å². The molecule has 0 spiro atoms. The van der Waals surface area contributed by atoms with E-state index in [0.29, 0.717) is 16.5 Å². The highest BCUT2D eigenvalue weighted by atomic mass is 35.5. The predicted molar refractivity (Wildman–Crippen MR) is 124 cm³/mol. The Morgan fingerprint density at radius 2 is 1.53 bits per heavy atom. The largest absolute Gasteiger partial charge is 0.497 e. The molecule has 32 heavy (non-hydrogen) atoms. The van der Waals surface area contributed by atoms with Gasteiger partial charge in [0.05, 0.1) is 18.0 Å². The highest BCUT2D eigenvalue weighted by Gasteiger charge is 2.15. The number of ether oxygens (including phenoxy) is 2. The molecular weight excluding hydrogens is 452 g/mol. The average Bonchev–Trinajstić information content (AvgIpc) is 2.79. The molecule has 0 heterocycles. The van der Waals surface area contributed by atoms with Gasteiger partial charge in [-0.05, 0) is 73.2 Å². The number of benzene rings is 3. The monoisotopic (exact) mass is 474 g/mol. The lowest BCUT2D eigenvalue weighted by atomic mass is 10.1. The first-order valence-electron chi connectivity index (χ1n) is 9.71. The maximum Gasteiger partial charge on any atom is 0.261 e. The summed E-state index contributed by atoms with van der Waals surface area (Å²) in [4.78, 5) is 12.3. The van der Waals surface area contributed by atoms with Gasteiger partial charge < -0.3 is 14.8 Å². The summed E-state index contributed by atoms with van der Waals surface area (Å²) in [7, 11) is -2.17. The van der Waals surface area contributed by atoms with Crippen LogP contribution in [0, 0.1) is 0 Å². The van der Waals surface area contributed by atoms with Crippen LogP contribution in [0.1, 0.15) is 18.5 Å². The van der Waals surface area contributed by atoms with Gasteiger partial charge in [0.25, 0.3) is 15.9 Å². The number of sulfonamides is 1. The average molecular weight is 475 g/mol. The Labute approximate surface area is 192 Å². The minimum absolute atomic E-state index is 0.0670. The molecule has 3 aromatic rings. The van der Waals surface area contributed by atoms with E-state index in [0.717, 1.165) is 11.3 Å². The fourth-order valence-corrected chi connectivity index (χ4v) is 4.04. The van der Waals surface area contributed by atoms with Crippen LogP contribution in [0.25, 0.3) is 0 Å². The summed E-state index contributed by atoms with van der Waals surface area (Å²) in [6.07, 6.45) is 0. The van der Waals surface area contributed by atoms with Crippen LogP contribution in [-0.2, 0) is 14.8 Å². The number of methoxy groups -OCH3 is 1. The molecule has 1 atom stereocenters. The third-order valence-electron chi connectivity index (χ3n) is 4.59. The molecule has 0 radical (unpaired) electrons. The Bertz CT molecular complexity index is 1150. The first-order chi connectivity index (χ1) is 15.3. The van der Waals surface area contributed by atoms with Crippen molar-refractivity contribution in [2.24, 2.45) is 0 Å². The van der Waals surface area contributed by atoms with Crippen LogP contribution in [0.15, 0.2) is 77.7 Å². The molecule has 3 aromatic carbocycles. The van der Waals surface area contributed by atoms with Gasteiger partial charge in [0, 0.05) is 10.7 Å². The third-order valence-corrected chi connectivity index (χ3v) is 6.24. The van der Waals surface area contributed by atoms with E-state index in [1.807, 2.05) is 31.2 Å². The molecule has 0 fully saturated rings. The van der Waals surface area contributed by atoms with E-state index >= 15 is 0 Å². The van der Waals surface area contributed by atoms with E-state index in [2.05, 4.69) is 10.0 Å². The van der Waals surface area contributed by atoms with E-state index in [9.17, 15) is 13.2 Å². The Hall–Kier alpha value is -3.23. The highest BCUT2D eigenvalue weighted by molar-refractivity contribution is 7.92. The van der Waals surface area contributed by atoms with Crippen LogP contribution in [0.4, 0.5) is 5.69 Å². The molecule has 0 aliphatic rings. The standard InChI is InChI=1S/C23H23ClN2O5S/c1-16(17-3-9-20(30-2)10-4-17)25-23(27)15-31-21-11-13-22(14-12-21)32(28,29)26-19-7-5-18(24)6-8-19/h3-14,16,26H,15H2,1-2H3,(H,25,27)/t16-/m0/s1. The van der Waals surface area contributed by atoms with Gasteiger partial charge in [-0.1, -0.05) is 23.7 Å². The van der Waals surface area contributed by atoms with E-state index in [4.69, 9.17) is 21.1 Å². The van der Waals surface area contributed by atoms with Crippen molar-refractivity contribution >= 4 is 33.2 Å². The van der Waals surface area contributed by atoms with Gasteiger partial charge in [-0.3, -0.25) is 9.52 Å². The van der Waals surface area contributed by atoms with E-state index in [-0.39, 0.29) is 23.5 Å². The first-order valence-corrected chi connectivity index (χ1v) is 11.6. The topological polar surface area (TPSA) is 93.7 Å². The number of hydrogen-bond acceptors (Lipinski definition) is 5. The van der Waals surface area contributed by atoms with Crippen LogP contribution in [0.3, 0.4) is 0 Å². The van der Waals surface area contributed by atoms with Gasteiger partial charge in [-0.2, -0.15) is 0 Å². The van der Waals surface area contributed by atoms with Gasteiger partial charge in [0.2, 0.25) is 0 Å². The van der Waals surface area contributed by atoms with E-state index in [1.165, 1.54) is 24.3 Å². The molecule has 0 aliphatic carbocycles. The molecule has 168 valence electrons. The molecule has 0 aliphatic heterocycles. The number of rotatable bonds is 9. The molecule has 1 amide bonds. The predicted octanol–water partition coefficient (Wildman–Crippen LogP) is 4.41. The van der Waals surface area contributed by atoms with Gasteiger partial charge in [0.15, 0.2) is 6.61 Å². The Balaban J connectivity index is 1.53. The van der Waals surface area contributed by atoms with Crippen molar-refractivity contribution in [3.8, 4) is 11.5 Å². The van der Waals surface area contributed by atoms with E-state index < -0.39 is 10.0 Å². The zero-order valence-corrected chi connectivity index (χ0v) is 19.1. The van der Waals surface area contributed by atoms with Crippen LogP contribution in [0.5, 0.6) is 11.5 Å². The normalized spacial score (nSPS) is 12.0. The SMILES string of the molecule is COc1ccc([C@H](C)NC(=O)COc2ccc(S(=O)(=O)Nc3ccc(Cl)cc3)cc2)cc1. The lowest BCUT2D eigenvalue weighted by Gasteiger charge is -2.15. The quantitative estimate of drug-likeness (QED) is 0.479. The second kappa shape index (κ2) is 10.4. The number of amides is 1. The lowest BCUT2D eigenvalue weighted by Crippen LogP contribution is -2.31. The number of carbonyl (C=O) groups is 1. The highest BCUT2D eigenvalue weighted by Crippen LogP contribution is 2.21. The molecule has 0 saturated carbocycles. The number of hydrogen-bond donors (Lipinski definition) is 2. The number of carbonyl (C=O) groups excluding carboxylic acids is 1. The second-order valence-corrected chi connectivity index (χ2v) is 9.05. The van der Waals surface area contributed by atoms with Crippen molar-refractivity contribution < 1.29 is 22.7 Å². The maximum absolute atomic E-state index is 12.5. The van der Waals surface area contributed by atoms with Crippen molar-refractivity contribution in [3.63, 3.8) is 0 Å². The second-order valence-electron chi connectivity index (χ2n) is 6.93. The molecule has 2 N–H and O–H groups in total. The summed E-state index contributed by atoms with van der Waals surface area (Å²) in [5.74, 6) is 0.821. The third kappa shape index (κ3) is 6.38. The van der Waals surface area contributed by atoms with Crippen molar-refractivity contribution in [3.05, 3.63) is 83.4 Å². The van der Waals surface area contributed by atoms with Gasteiger partial charge in [-0.15, -0.1) is 0 Å². The van der Waals surface area contributed by atoms with Crippen LogP contribution >= 0.6 is 11.6 Å².